The summed E-state index contributed by atoms with van der Waals surface area (Å²) in [4.78, 5) is 4.30. The van der Waals surface area contributed by atoms with Gasteiger partial charge in [0, 0.05) is 23.7 Å². The fourth-order valence-electron chi connectivity index (χ4n) is 2.72. The van der Waals surface area contributed by atoms with Crippen LogP contribution >= 0.6 is 0 Å². The summed E-state index contributed by atoms with van der Waals surface area (Å²) in [6.45, 7) is 3.79. The van der Waals surface area contributed by atoms with E-state index in [0.717, 1.165) is 23.1 Å². The normalized spacial score (nSPS) is 15.6. The van der Waals surface area contributed by atoms with Crippen molar-refractivity contribution in [1.29, 1.82) is 0 Å². The fourth-order valence-corrected chi connectivity index (χ4v) is 3.58. The topological polar surface area (TPSA) is 50.3 Å². The maximum Gasteiger partial charge on any atom is 0.416 e. The molecule has 1 aliphatic heterocycles. The third-order valence-corrected chi connectivity index (χ3v) is 5.59. The van der Waals surface area contributed by atoms with Crippen LogP contribution in [0, 0.1) is 0 Å². The molecule has 0 saturated heterocycles. The van der Waals surface area contributed by atoms with Crippen LogP contribution in [0.1, 0.15) is 16.8 Å². The summed E-state index contributed by atoms with van der Waals surface area (Å²) in [6.07, 6.45) is -2.33. The Bertz CT molecular complexity index is 906. The second-order valence-corrected chi connectivity index (χ2v) is 7.58. The summed E-state index contributed by atoms with van der Waals surface area (Å²) in [5.41, 5.74) is 2.17. The Balaban J connectivity index is 1.87. The number of benzene rings is 1. The van der Waals surface area contributed by atoms with Gasteiger partial charge in [0.05, 0.1) is 17.8 Å². The van der Waals surface area contributed by atoms with E-state index in [0.29, 0.717) is 29.8 Å². The van der Waals surface area contributed by atoms with Gasteiger partial charge in [-0.3, -0.25) is 4.98 Å². The van der Waals surface area contributed by atoms with Gasteiger partial charge in [0.1, 0.15) is 0 Å². The van der Waals surface area contributed by atoms with E-state index >= 15 is 0 Å². The van der Waals surface area contributed by atoms with Crippen LogP contribution in [0.15, 0.2) is 48.5 Å². The smallest absolute Gasteiger partial charge is 0.259 e. The van der Waals surface area contributed by atoms with Gasteiger partial charge in [0.15, 0.2) is 0 Å². The number of hydrogen-bond acceptors (Lipinski definition) is 3. The highest BCUT2D eigenvalue weighted by molar-refractivity contribution is 7.91. The van der Waals surface area contributed by atoms with Gasteiger partial charge in [-0.05, 0) is 35.7 Å². The number of alkyl halides is 3. The molecule has 0 atom stereocenters. The average Bonchev–Trinajstić information content (AvgIpc) is 2.60. The van der Waals surface area contributed by atoms with Crippen LogP contribution in [0.4, 0.5) is 13.2 Å². The van der Waals surface area contributed by atoms with Crippen LogP contribution in [0.25, 0.3) is 11.1 Å². The van der Waals surface area contributed by atoms with Gasteiger partial charge in [-0.25, -0.2) is 8.42 Å². The predicted molar refractivity (Wildman–Crippen MR) is 87.9 cm³/mol. The number of fused-ring (bicyclic) bond motifs is 1. The summed E-state index contributed by atoms with van der Waals surface area (Å²) in [6, 6.07) is 6.73. The monoisotopic (exact) mass is 368 g/mol. The van der Waals surface area contributed by atoms with E-state index < -0.39 is 21.8 Å². The Morgan fingerprint density at radius 1 is 1.16 bits per heavy atom. The first-order chi connectivity index (χ1) is 11.7. The highest BCUT2D eigenvalue weighted by atomic mass is 32.2. The lowest BCUT2D eigenvalue weighted by Gasteiger charge is -2.26. The van der Waals surface area contributed by atoms with E-state index in [-0.39, 0.29) is 6.54 Å². The van der Waals surface area contributed by atoms with Gasteiger partial charge in [0.2, 0.25) is 10.0 Å². The number of rotatable bonds is 3. The lowest BCUT2D eigenvalue weighted by atomic mass is 10.00. The molecule has 0 radical (unpaired) electrons. The largest absolute Gasteiger partial charge is 0.416 e. The molecule has 1 aromatic heterocycles. The van der Waals surface area contributed by atoms with E-state index in [2.05, 4.69) is 11.6 Å². The van der Waals surface area contributed by atoms with E-state index in [1.807, 2.05) is 6.07 Å². The summed E-state index contributed by atoms with van der Waals surface area (Å²) >= 11 is 0. The van der Waals surface area contributed by atoms with Crippen LogP contribution in [0.5, 0.6) is 0 Å². The Morgan fingerprint density at radius 3 is 2.44 bits per heavy atom. The molecular weight excluding hydrogens is 353 g/mol. The number of nitrogens with zero attached hydrogens (tertiary/aromatic N) is 2. The van der Waals surface area contributed by atoms with Crippen molar-refractivity contribution in [2.45, 2.75) is 19.1 Å². The predicted octanol–water partition coefficient (Wildman–Crippen LogP) is 3.60. The fraction of sp³-hybridized carbons (Fsp3) is 0.235. The van der Waals surface area contributed by atoms with Gasteiger partial charge in [0.25, 0.3) is 0 Å². The maximum atomic E-state index is 12.6. The van der Waals surface area contributed by atoms with Crippen molar-refractivity contribution in [1.82, 2.24) is 9.29 Å². The van der Waals surface area contributed by atoms with Gasteiger partial charge in [-0.15, -0.1) is 0 Å². The van der Waals surface area contributed by atoms with Crippen molar-refractivity contribution >= 4 is 10.0 Å². The quantitative estimate of drug-likeness (QED) is 0.832. The summed E-state index contributed by atoms with van der Waals surface area (Å²) in [7, 11) is -3.49. The molecule has 0 saturated carbocycles. The molecule has 1 aliphatic rings. The highest BCUT2D eigenvalue weighted by Gasteiger charge is 2.30. The summed E-state index contributed by atoms with van der Waals surface area (Å²) < 4.78 is 62.9. The molecule has 8 heteroatoms. The maximum absolute atomic E-state index is 12.6. The van der Waals surface area contributed by atoms with Crippen LogP contribution in [0.3, 0.4) is 0 Å². The van der Waals surface area contributed by atoms with E-state index in [9.17, 15) is 21.6 Å². The van der Waals surface area contributed by atoms with E-state index in [1.54, 1.807) is 6.20 Å². The SMILES string of the molecule is C=CS(=O)(=O)N1CCc2cc(-c3ccc(C(F)(F)F)cc3)cnc2C1. The average molecular weight is 368 g/mol. The third-order valence-electron chi connectivity index (χ3n) is 4.13. The van der Waals surface area contributed by atoms with Crippen molar-refractivity contribution < 1.29 is 21.6 Å². The minimum atomic E-state index is -4.37. The molecule has 25 heavy (non-hydrogen) atoms. The number of hydrogen-bond donors (Lipinski definition) is 0. The summed E-state index contributed by atoms with van der Waals surface area (Å²) in [5, 5.41) is 0.911. The van der Waals surface area contributed by atoms with Gasteiger partial charge in [-0.1, -0.05) is 18.7 Å². The second-order valence-electron chi connectivity index (χ2n) is 5.70. The molecule has 0 N–H and O–H groups in total. The van der Waals surface area contributed by atoms with Crippen LogP contribution < -0.4 is 0 Å². The molecular formula is C17H15F3N2O2S. The number of sulfonamides is 1. The first-order valence-corrected chi connectivity index (χ1v) is 8.99. The zero-order valence-electron chi connectivity index (χ0n) is 13.1. The van der Waals surface area contributed by atoms with Crippen molar-refractivity contribution in [3.63, 3.8) is 0 Å². The van der Waals surface area contributed by atoms with Crippen molar-refractivity contribution in [3.05, 3.63) is 65.3 Å². The molecule has 0 amide bonds. The number of aromatic nitrogens is 1. The molecule has 1 aromatic carbocycles. The molecule has 2 aromatic rings. The third kappa shape index (κ3) is 3.59. The minimum absolute atomic E-state index is 0.164. The van der Waals surface area contributed by atoms with E-state index in [1.165, 1.54) is 16.4 Å². The zero-order valence-corrected chi connectivity index (χ0v) is 13.9. The molecule has 132 valence electrons. The Hall–Kier alpha value is -2.19. The van der Waals surface area contributed by atoms with Crippen LogP contribution in [-0.2, 0) is 29.2 Å². The molecule has 0 fully saturated rings. The Kier molecular flexibility index (Phi) is 4.42. The first-order valence-electron chi connectivity index (χ1n) is 7.49. The van der Waals surface area contributed by atoms with Crippen LogP contribution in [-0.4, -0.2) is 24.3 Å². The summed E-state index contributed by atoms with van der Waals surface area (Å²) in [5.74, 6) is 0. The lowest BCUT2D eigenvalue weighted by molar-refractivity contribution is -0.137. The van der Waals surface area contributed by atoms with E-state index in [4.69, 9.17) is 0 Å². The van der Waals surface area contributed by atoms with Crippen molar-refractivity contribution in [2.75, 3.05) is 6.54 Å². The van der Waals surface area contributed by atoms with Gasteiger partial charge in [-0.2, -0.15) is 17.5 Å². The Morgan fingerprint density at radius 2 is 1.84 bits per heavy atom. The lowest BCUT2D eigenvalue weighted by Crippen LogP contribution is -2.35. The first kappa shape index (κ1) is 17.6. The molecule has 3 rings (SSSR count). The molecule has 0 aliphatic carbocycles. The standard InChI is InChI=1S/C17H15F3N2O2S/c1-2-25(23,24)22-8-7-13-9-14(10-21-16(13)11-22)12-3-5-15(6-4-12)17(18,19)20/h2-6,9-10H,1,7-8,11H2. The Labute approximate surface area is 143 Å². The molecule has 0 bridgehead atoms. The molecule has 4 nitrogen and oxygen atoms in total. The highest BCUT2D eigenvalue weighted by Crippen LogP contribution is 2.31. The molecule has 2 heterocycles. The molecule has 0 unspecified atom stereocenters. The molecule has 0 spiro atoms. The minimum Gasteiger partial charge on any atom is -0.259 e. The number of pyridine rings is 1. The second kappa shape index (κ2) is 6.27. The van der Waals surface area contributed by atoms with Crippen LogP contribution in [0.2, 0.25) is 0 Å². The van der Waals surface area contributed by atoms with Gasteiger partial charge >= 0.3 is 6.18 Å². The van der Waals surface area contributed by atoms with Crippen molar-refractivity contribution in [2.24, 2.45) is 0 Å². The zero-order chi connectivity index (χ0) is 18.2. The number of halogens is 3. The van der Waals surface area contributed by atoms with Gasteiger partial charge < -0.3 is 0 Å². The van der Waals surface area contributed by atoms with Crippen molar-refractivity contribution in [3.8, 4) is 11.1 Å².